The van der Waals surface area contributed by atoms with Crippen LogP contribution in [0.15, 0.2) is 24.3 Å². The predicted molar refractivity (Wildman–Crippen MR) is 45.2 cm³/mol. The van der Waals surface area contributed by atoms with Gasteiger partial charge in [0.1, 0.15) is 0 Å². The van der Waals surface area contributed by atoms with Gasteiger partial charge in [-0.15, -0.1) is 17.0 Å². The number of hydrogen-bond acceptors (Lipinski definition) is 0. The van der Waals surface area contributed by atoms with E-state index < -0.39 is 0 Å². The topological polar surface area (TPSA) is 0 Å². The zero-order chi connectivity index (χ0) is 6.69. The summed E-state index contributed by atoms with van der Waals surface area (Å²) in [5.41, 5.74) is 2.95. The molecular formula is C8H10BrZn. The summed E-state index contributed by atoms with van der Waals surface area (Å²) in [6.45, 7) is 2.17. The number of rotatable bonds is 1. The zero-order valence-corrected chi connectivity index (χ0v) is 10.8. The van der Waals surface area contributed by atoms with Gasteiger partial charge in [0, 0.05) is 0 Å². The summed E-state index contributed by atoms with van der Waals surface area (Å²) < 4.78 is 0. The molecule has 0 unspecified atom stereocenters. The Morgan fingerprint density at radius 2 is 1.90 bits per heavy atom. The minimum absolute atomic E-state index is 0. The molecule has 0 bridgehead atoms. The Morgan fingerprint density at radius 3 is 2.30 bits per heavy atom. The number of benzene rings is 1. The molecule has 0 heterocycles. The number of halogens is 1. The molecule has 0 N–H and O–H groups in total. The zero-order valence-electron chi connectivity index (χ0n) is 6.13. The Kier molecular flexibility index (Phi) is 5.20. The Bertz CT molecular complexity index is 198. The van der Waals surface area contributed by atoms with Gasteiger partial charge >= 0.3 is 65.6 Å². The first kappa shape index (κ1) is 10.3. The van der Waals surface area contributed by atoms with Crippen LogP contribution in [0.4, 0.5) is 0 Å². The molecular weight excluding hydrogens is 241 g/mol. The van der Waals surface area contributed by atoms with Gasteiger partial charge in [0.2, 0.25) is 0 Å². The van der Waals surface area contributed by atoms with Gasteiger partial charge < -0.3 is 0 Å². The van der Waals surface area contributed by atoms with E-state index in [1.54, 1.807) is 0 Å². The summed E-state index contributed by atoms with van der Waals surface area (Å²) in [6, 6.07) is 8.58. The Morgan fingerprint density at radius 1 is 1.30 bits per heavy atom. The van der Waals surface area contributed by atoms with Crippen LogP contribution < -0.4 is 0 Å². The van der Waals surface area contributed by atoms with E-state index in [0.717, 1.165) is 0 Å². The van der Waals surface area contributed by atoms with Crippen molar-refractivity contribution >= 4 is 17.0 Å². The molecule has 0 saturated heterocycles. The van der Waals surface area contributed by atoms with Gasteiger partial charge in [-0.1, -0.05) is 0 Å². The molecule has 10 heavy (non-hydrogen) atoms. The van der Waals surface area contributed by atoms with E-state index in [4.69, 9.17) is 0 Å². The molecule has 0 spiro atoms. The molecule has 0 saturated carbocycles. The van der Waals surface area contributed by atoms with Crippen LogP contribution in [0.1, 0.15) is 11.1 Å². The van der Waals surface area contributed by atoms with E-state index in [1.165, 1.54) is 34.4 Å². The normalized spacial score (nSPS) is 8.70. The molecule has 0 radical (unpaired) electrons. The van der Waals surface area contributed by atoms with E-state index in [9.17, 15) is 0 Å². The second-order valence-electron chi connectivity index (χ2n) is 2.18. The summed E-state index contributed by atoms with van der Waals surface area (Å²) in [5.74, 6) is 0. The van der Waals surface area contributed by atoms with Crippen molar-refractivity contribution < 1.29 is 18.3 Å². The Balaban J connectivity index is 0.000000810. The Labute approximate surface area is 82.5 Å². The van der Waals surface area contributed by atoms with E-state index in [-0.39, 0.29) is 17.0 Å². The van der Waals surface area contributed by atoms with E-state index in [1.807, 2.05) is 0 Å². The second kappa shape index (κ2) is 5.04. The number of hydrogen-bond donors (Lipinski definition) is 0. The molecule has 51 valence electrons. The average Bonchev–Trinajstić information content (AvgIpc) is 1.89. The van der Waals surface area contributed by atoms with Crippen LogP contribution in [0.2, 0.25) is 0 Å². The van der Waals surface area contributed by atoms with Crippen LogP contribution >= 0.6 is 17.0 Å². The quantitative estimate of drug-likeness (QED) is 0.673. The molecule has 0 aliphatic carbocycles. The average molecular weight is 251 g/mol. The molecule has 0 aliphatic heterocycles. The van der Waals surface area contributed by atoms with Crippen molar-refractivity contribution in [1.82, 2.24) is 0 Å². The summed E-state index contributed by atoms with van der Waals surface area (Å²) >= 11 is 1.37. The maximum absolute atomic E-state index is 2.21. The SMILES string of the molecule is Br.Cc1ccccc1[CH2][Zn]. The van der Waals surface area contributed by atoms with Gasteiger partial charge in [-0.3, -0.25) is 0 Å². The first-order valence-corrected chi connectivity index (χ1v) is 5.28. The van der Waals surface area contributed by atoms with Crippen LogP contribution in [0, 0.1) is 6.92 Å². The molecule has 0 nitrogen and oxygen atoms in total. The molecule has 0 atom stereocenters. The summed E-state index contributed by atoms with van der Waals surface area (Å²) in [5, 5.41) is 1.27. The third kappa shape index (κ3) is 2.51. The second-order valence-corrected chi connectivity index (χ2v) is 3.23. The standard InChI is InChI=1S/C8H9.BrH.Zn/c1-7-5-3-4-6-8(7)2;;/h3-6H,1H2,2H3;1H;. The van der Waals surface area contributed by atoms with E-state index in [2.05, 4.69) is 31.2 Å². The fraction of sp³-hybridized carbons (Fsp3) is 0.250. The van der Waals surface area contributed by atoms with Crippen molar-refractivity contribution in [2.24, 2.45) is 0 Å². The van der Waals surface area contributed by atoms with Crippen molar-refractivity contribution in [3.63, 3.8) is 0 Å². The number of aryl methyl sites for hydroxylation is 1. The fourth-order valence-corrected chi connectivity index (χ4v) is 2.07. The molecule has 1 aromatic carbocycles. The molecule has 1 aromatic rings. The summed E-state index contributed by atoms with van der Waals surface area (Å²) in [7, 11) is 0. The maximum atomic E-state index is 2.21. The van der Waals surface area contributed by atoms with Crippen molar-refractivity contribution in [1.29, 1.82) is 0 Å². The van der Waals surface area contributed by atoms with Crippen molar-refractivity contribution in [2.75, 3.05) is 0 Å². The molecule has 0 fully saturated rings. The van der Waals surface area contributed by atoms with Gasteiger partial charge in [0.15, 0.2) is 0 Å². The van der Waals surface area contributed by atoms with Crippen molar-refractivity contribution in [3.05, 3.63) is 35.4 Å². The molecule has 0 aromatic heterocycles. The molecule has 0 aliphatic rings. The minimum atomic E-state index is 0. The first-order chi connectivity index (χ1) is 4.34. The molecule has 0 amide bonds. The first-order valence-electron chi connectivity index (χ1n) is 3.18. The van der Waals surface area contributed by atoms with Gasteiger partial charge in [0.25, 0.3) is 0 Å². The van der Waals surface area contributed by atoms with Crippen LogP contribution in [0.25, 0.3) is 0 Å². The predicted octanol–water partition coefficient (Wildman–Crippen LogP) is 2.62. The molecule has 2 heteroatoms. The van der Waals surface area contributed by atoms with E-state index >= 15 is 0 Å². The van der Waals surface area contributed by atoms with Crippen LogP contribution in [0.3, 0.4) is 0 Å². The summed E-state index contributed by atoms with van der Waals surface area (Å²) in [4.78, 5) is 0. The van der Waals surface area contributed by atoms with Gasteiger partial charge in [-0.2, -0.15) is 0 Å². The van der Waals surface area contributed by atoms with Gasteiger partial charge in [0.05, 0.1) is 0 Å². The van der Waals surface area contributed by atoms with Crippen molar-refractivity contribution in [2.45, 2.75) is 11.9 Å². The van der Waals surface area contributed by atoms with Gasteiger partial charge in [-0.25, -0.2) is 0 Å². The Hall–Kier alpha value is 0.323. The van der Waals surface area contributed by atoms with Crippen LogP contribution in [0.5, 0.6) is 0 Å². The third-order valence-electron chi connectivity index (χ3n) is 1.53. The fourth-order valence-electron chi connectivity index (χ4n) is 0.891. The molecule has 1 rings (SSSR count). The summed E-state index contributed by atoms with van der Waals surface area (Å²) in [6.07, 6.45) is 0. The monoisotopic (exact) mass is 249 g/mol. The van der Waals surface area contributed by atoms with Crippen LogP contribution in [-0.4, -0.2) is 0 Å². The van der Waals surface area contributed by atoms with E-state index in [0.29, 0.717) is 0 Å². The third-order valence-corrected chi connectivity index (χ3v) is 2.66. The van der Waals surface area contributed by atoms with Crippen molar-refractivity contribution in [3.8, 4) is 0 Å². The van der Waals surface area contributed by atoms with Crippen LogP contribution in [-0.2, 0) is 23.3 Å². The van der Waals surface area contributed by atoms with Gasteiger partial charge in [-0.05, 0) is 0 Å².